The monoisotopic (exact) mass is 407 g/mol. The Hall–Kier alpha value is -3.81. The highest BCUT2D eigenvalue weighted by atomic mass is 16.5. The average Bonchev–Trinajstić information content (AvgIpc) is 3.17. The lowest BCUT2D eigenvalue weighted by Crippen LogP contribution is -2.30. The zero-order valence-electron chi connectivity index (χ0n) is 17.1. The molecule has 0 saturated heterocycles. The summed E-state index contributed by atoms with van der Waals surface area (Å²) in [5.74, 6) is 0.915. The number of aryl methyl sites for hydroxylation is 1. The number of aromatic nitrogens is 2. The van der Waals surface area contributed by atoms with Crippen LogP contribution in [0.1, 0.15) is 5.56 Å². The molecule has 2 aromatic carbocycles. The SMILES string of the molecule is COc1ccc(N(C)C(=O)Cn2ncc3c(=O)oc4ccc(C)cc4c32)c(OC)c1. The minimum absolute atomic E-state index is 0.0539. The van der Waals surface area contributed by atoms with Crippen molar-refractivity contribution in [2.75, 3.05) is 26.2 Å². The van der Waals surface area contributed by atoms with Crippen molar-refractivity contribution in [1.29, 1.82) is 0 Å². The molecule has 2 aromatic heterocycles. The van der Waals surface area contributed by atoms with Crippen molar-refractivity contribution in [2.24, 2.45) is 0 Å². The second kappa shape index (κ2) is 7.55. The molecule has 154 valence electrons. The molecule has 2 heterocycles. The number of ether oxygens (including phenoxy) is 2. The topological polar surface area (TPSA) is 86.8 Å². The van der Waals surface area contributed by atoms with Crippen LogP contribution in [0.3, 0.4) is 0 Å². The predicted molar refractivity (Wildman–Crippen MR) is 113 cm³/mol. The van der Waals surface area contributed by atoms with Crippen LogP contribution in [0.25, 0.3) is 21.9 Å². The van der Waals surface area contributed by atoms with E-state index in [1.807, 2.05) is 19.1 Å². The number of rotatable bonds is 5. The van der Waals surface area contributed by atoms with Gasteiger partial charge in [-0.1, -0.05) is 11.6 Å². The fourth-order valence-corrected chi connectivity index (χ4v) is 3.44. The molecule has 0 aliphatic carbocycles. The Bertz CT molecular complexity index is 1320. The number of carbonyl (C=O) groups is 1. The number of likely N-dealkylation sites (N-methyl/N-ethyl adjacent to an activating group) is 1. The van der Waals surface area contributed by atoms with Crippen molar-refractivity contribution in [1.82, 2.24) is 9.78 Å². The molecule has 4 rings (SSSR count). The van der Waals surface area contributed by atoms with Gasteiger partial charge in [0.1, 0.15) is 29.0 Å². The van der Waals surface area contributed by atoms with Crippen LogP contribution in [0.2, 0.25) is 0 Å². The largest absolute Gasteiger partial charge is 0.497 e. The normalized spacial score (nSPS) is 11.1. The minimum Gasteiger partial charge on any atom is -0.497 e. The van der Waals surface area contributed by atoms with Crippen LogP contribution in [0.5, 0.6) is 11.5 Å². The molecule has 8 nitrogen and oxygen atoms in total. The zero-order chi connectivity index (χ0) is 21.4. The summed E-state index contributed by atoms with van der Waals surface area (Å²) in [5, 5.41) is 5.35. The standard InChI is InChI=1S/C22H21N3O5/c1-13-5-8-18-15(9-13)21-16(22(27)30-18)11-23-25(21)12-20(26)24(2)17-7-6-14(28-3)10-19(17)29-4/h5-11H,12H2,1-4H3. The Labute approximate surface area is 172 Å². The lowest BCUT2D eigenvalue weighted by Gasteiger charge is -2.20. The minimum atomic E-state index is -0.481. The van der Waals surface area contributed by atoms with E-state index in [1.165, 1.54) is 22.9 Å². The summed E-state index contributed by atoms with van der Waals surface area (Å²) in [4.78, 5) is 26.9. The molecule has 0 saturated carbocycles. The first-order valence-electron chi connectivity index (χ1n) is 9.30. The Kier molecular flexibility index (Phi) is 4.91. The third-order valence-electron chi connectivity index (χ3n) is 5.06. The van der Waals surface area contributed by atoms with E-state index in [0.717, 1.165) is 10.9 Å². The molecule has 8 heteroatoms. The first kappa shape index (κ1) is 19.5. The highest BCUT2D eigenvalue weighted by molar-refractivity contribution is 6.03. The Morgan fingerprint density at radius 1 is 1.13 bits per heavy atom. The second-order valence-corrected chi connectivity index (χ2v) is 6.94. The molecule has 0 aliphatic rings. The van der Waals surface area contributed by atoms with Gasteiger partial charge in [0, 0.05) is 18.5 Å². The molecule has 30 heavy (non-hydrogen) atoms. The van der Waals surface area contributed by atoms with Crippen molar-refractivity contribution in [2.45, 2.75) is 13.5 Å². The molecule has 0 unspecified atom stereocenters. The van der Waals surface area contributed by atoms with E-state index in [4.69, 9.17) is 13.9 Å². The van der Waals surface area contributed by atoms with Gasteiger partial charge in [-0.2, -0.15) is 5.10 Å². The molecule has 0 radical (unpaired) electrons. The first-order chi connectivity index (χ1) is 14.4. The summed E-state index contributed by atoms with van der Waals surface area (Å²) in [6.45, 7) is 1.90. The summed E-state index contributed by atoms with van der Waals surface area (Å²) in [5.41, 5.74) is 2.16. The van der Waals surface area contributed by atoms with Crippen molar-refractivity contribution in [3.8, 4) is 11.5 Å². The van der Waals surface area contributed by atoms with E-state index >= 15 is 0 Å². The van der Waals surface area contributed by atoms with Crippen molar-refractivity contribution in [3.63, 3.8) is 0 Å². The lowest BCUT2D eigenvalue weighted by atomic mass is 10.1. The van der Waals surface area contributed by atoms with Crippen LogP contribution in [0.4, 0.5) is 5.69 Å². The number of methoxy groups -OCH3 is 2. The fourth-order valence-electron chi connectivity index (χ4n) is 3.44. The van der Waals surface area contributed by atoms with Gasteiger partial charge < -0.3 is 18.8 Å². The number of hydrogen-bond donors (Lipinski definition) is 0. The van der Waals surface area contributed by atoms with E-state index < -0.39 is 5.63 Å². The van der Waals surface area contributed by atoms with Gasteiger partial charge in [0.2, 0.25) is 5.91 Å². The summed E-state index contributed by atoms with van der Waals surface area (Å²) in [7, 11) is 4.76. The van der Waals surface area contributed by atoms with Gasteiger partial charge in [-0.25, -0.2) is 4.79 Å². The quantitative estimate of drug-likeness (QED) is 0.473. The van der Waals surface area contributed by atoms with E-state index in [-0.39, 0.29) is 12.5 Å². The highest BCUT2D eigenvalue weighted by Crippen LogP contribution is 2.32. The summed E-state index contributed by atoms with van der Waals surface area (Å²) < 4.78 is 17.5. The smallest absolute Gasteiger partial charge is 0.347 e. The molecule has 4 aromatic rings. The molecular weight excluding hydrogens is 386 g/mol. The molecular formula is C22H21N3O5. The van der Waals surface area contributed by atoms with Gasteiger partial charge in [-0.15, -0.1) is 0 Å². The van der Waals surface area contributed by atoms with Gasteiger partial charge in [-0.3, -0.25) is 9.48 Å². The van der Waals surface area contributed by atoms with Crippen LogP contribution in [-0.2, 0) is 11.3 Å². The second-order valence-electron chi connectivity index (χ2n) is 6.94. The number of carbonyl (C=O) groups excluding carboxylic acids is 1. The molecule has 0 aliphatic heterocycles. The van der Waals surface area contributed by atoms with Crippen LogP contribution in [-0.4, -0.2) is 37.0 Å². The van der Waals surface area contributed by atoms with Gasteiger partial charge in [-0.05, 0) is 31.2 Å². The summed E-state index contributed by atoms with van der Waals surface area (Å²) in [6, 6.07) is 10.8. The van der Waals surface area contributed by atoms with E-state index in [2.05, 4.69) is 5.10 Å². The van der Waals surface area contributed by atoms with Crippen LogP contribution >= 0.6 is 0 Å². The van der Waals surface area contributed by atoms with Crippen LogP contribution in [0.15, 0.2) is 51.8 Å². The van der Waals surface area contributed by atoms with Crippen LogP contribution in [0, 0.1) is 6.92 Å². The third kappa shape index (κ3) is 3.26. The van der Waals surface area contributed by atoms with Gasteiger partial charge >= 0.3 is 5.63 Å². The maximum Gasteiger partial charge on any atom is 0.347 e. The average molecular weight is 407 g/mol. The lowest BCUT2D eigenvalue weighted by molar-refractivity contribution is -0.119. The van der Waals surface area contributed by atoms with E-state index in [9.17, 15) is 9.59 Å². The van der Waals surface area contributed by atoms with E-state index in [1.54, 1.807) is 38.4 Å². The number of nitrogens with zero attached hydrogens (tertiary/aromatic N) is 3. The van der Waals surface area contributed by atoms with Crippen LogP contribution < -0.4 is 20.0 Å². The van der Waals surface area contributed by atoms with Gasteiger partial charge in [0.05, 0.1) is 31.6 Å². The first-order valence-corrected chi connectivity index (χ1v) is 9.30. The Morgan fingerprint density at radius 3 is 2.67 bits per heavy atom. The number of anilines is 1. The van der Waals surface area contributed by atoms with Crippen molar-refractivity contribution >= 4 is 33.5 Å². The van der Waals surface area contributed by atoms with Gasteiger partial charge in [0.15, 0.2) is 0 Å². The number of fused-ring (bicyclic) bond motifs is 3. The highest BCUT2D eigenvalue weighted by Gasteiger charge is 2.20. The number of benzene rings is 2. The molecule has 0 bridgehead atoms. The number of amides is 1. The maximum absolute atomic E-state index is 13.0. The summed E-state index contributed by atoms with van der Waals surface area (Å²) in [6.07, 6.45) is 1.43. The van der Waals surface area contributed by atoms with Crippen molar-refractivity contribution in [3.05, 3.63) is 58.6 Å². The predicted octanol–water partition coefficient (Wildman–Crippen LogP) is 3.13. The number of hydrogen-bond acceptors (Lipinski definition) is 6. The molecule has 0 atom stereocenters. The molecule has 0 N–H and O–H groups in total. The molecule has 0 fully saturated rings. The Morgan fingerprint density at radius 2 is 1.93 bits per heavy atom. The molecule has 1 amide bonds. The summed E-state index contributed by atoms with van der Waals surface area (Å²) >= 11 is 0. The van der Waals surface area contributed by atoms with E-state index in [0.29, 0.717) is 33.7 Å². The molecule has 0 spiro atoms. The Balaban J connectivity index is 1.74. The fraction of sp³-hybridized carbons (Fsp3) is 0.227. The maximum atomic E-state index is 13.0. The van der Waals surface area contributed by atoms with Crippen molar-refractivity contribution < 1.29 is 18.7 Å². The van der Waals surface area contributed by atoms with Gasteiger partial charge in [0.25, 0.3) is 0 Å². The zero-order valence-corrected chi connectivity index (χ0v) is 17.1. The third-order valence-corrected chi connectivity index (χ3v) is 5.06.